The standard InChI is InChI=1S/C24H25ClN6O3S2/c1-29-8-7-17-18(12-29)36-22-20(17)21(33)30(15-5-2-4-14(25)10-15)23-27-28-24(31(22)23)35-13-19(32)26-11-16-6-3-9-34-16/h2,4-5,10,16H,3,6-9,11-13H2,1H3,(H,26,32)/t16-/m1/s1. The average molecular weight is 545 g/mol. The minimum Gasteiger partial charge on any atom is -0.376 e. The smallest absolute Gasteiger partial charge is 0.268 e. The number of carbonyl (C=O) groups is 1. The van der Waals surface area contributed by atoms with Gasteiger partial charge in [-0.25, -0.2) is 8.97 Å². The van der Waals surface area contributed by atoms with E-state index in [0.29, 0.717) is 33.6 Å². The normalized spacial score (nSPS) is 18.2. The molecule has 1 amide bonds. The number of nitrogens with zero attached hydrogens (tertiary/aromatic N) is 5. The molecular weight excluding hydrogens is 520 g/mol. The van der Waals surface area contributed by atoms with E-state index in [1.54, 1.807) is 28.0 Å². The largest absolute Gasteiger partial charge is 0.376 e. The highest BCUT2D eigenvalue weighted by Gasteiger charge is 2.27. The summed E-state index contributed by atoms with van der Waals surface area (Å²) in [5, 5.41) is 13.6. The Kier molecular flexibility index (Phi) is 6.51. The molecule has 2 aliphatic rings. The van der Waals surface area contributed by atoms with E-state index in [1.165, 1.54) is 16.6 Å². The third kappa shape index (κ3) is 4.32. The first kappa shape index (κ1) is 23.9. The first-order valence-electron chi connectivity index (χ1n) is 11.9. The molecule has 5 heterocycles. The van der Waals surface area contributed by atoms with Crippen LogP contribution in [0.25, 0.3) is 21.7 Å². The van der Waals surface area contributed by atoms with Crippen LogP contribution in [0.2, 0.25) is 5.02 Å². The van der Waals surface area contributed by atoms with Gasteiger partial charge < -0.3 is 15.0 Å². The van der Waals surface area contributed by atoms with Crippen molar-refractivity contribution in [3.63, 3.8) is 0 Å². The second-order valence-electron chi connectivity index (χ2n) is 9.14. The molecule has 3 aromatic heterocycles. The van der Waals surface area contributed by atoms with Crippen molar-refractivity contribution in [3.05, 3.63) is 50.1 Å². The number of aromatic nitrogens is 4. The predicted molar refractivity (Wildman–Crippen MR) is 142 cm³/mol. The molecule has 1 N–H and O–H groups in total. The number of thioether (sulfide) groups is 1. The number of amides is 1. The SMILES string of the molecule is CN1CCc2c(sc3c2c(=O)n(-c2cccc(Cl)c2)c2nnc(SCC(=O)NC[C@H]4CCCO4)n32)C1. The van der Waals surface area contributed by atoms with Crippen molar-refractivity contribution < 1.29 is 9.53 Å². The van der Waals surface area contributed by atoms with Gasteiger partial charge in [0.2, 0.25) is 11.7 Å². The van der Waals surface area contributed by atoms with Crippen LogP contribution in [0, 0.1) is 0 Å². The van der Waals surface area contributed by atoms with Crippen LogP contribution in [-0.2, 0) is 22.5 Å². The van der Waals surface area contributed by atoms with Crippen LogP contribution in [0.4, 0.5) is 0 Å². The van der Waals surface area contributed by atoms with Crippen molar-refractivity contribution >= 4 is 56.6 Å². The van der Waals surface area contributed by atoms with Gasteiger partial charge in [-0.2, -0.15) is 0 Å². The van der Waals surface area contributed by atoms with Crippen molar-refractivity contribution in [2.45, 2.75) is 37.1 Å². The third-order valence-corrected chi connectivity index (χ3v) is 8.98. The van der Waals surface area contributed by atoms with Crippen molar-refractivity contribution in [1.82, 2.24) is 29.4 Å². The average Bonchev–Trinajstić information content (AvgIpc) is 3.60. The van der Waals surface area contributed by atoms with Crippen LogP contribution >= 0.6 is 34.7 Å². The summed E-state index contributed by atoms with van der Waals surface area (Å²) in [6.45, 7) is 2.96. The number of fused-ring (bicyclic) bond motifs is 5. The Bertz CT molecular complexity index is 1520. The molecule has 6 rings (SSSR count). The predicted octanol–water partition coefficient (Wildman–Crippen LogP) is 3.12. The lowest BCUT2D eigenvalue weighted by Crippen LogP contribution is -2.32. The number of likely N-dealkylation sites (N-methyl/N-ethyl adjacent to an activating group) is 1. The molecule has 0 bridgehead atoms. The lowest BCUT2D eigenvalue weighted by molar-refractivity contribution is -0.119. The number of nitrogens with one attached hydrogen (secondary N) is 1. The Balaban J connectivity index is 1.43. The molecule has 188 valence electrons. The molecule has 4 aromatic rings. The molecule has 1 aromatic carbocycles. The first-order chi connectivity index (χ1) is 17.5. The molecule has 12 heteroatoms. The Morgan fingerprint density at radius 2 is 2.25 bits per heavy atom. The summed E-state index contributed by atoms with van der Waals surface area (Å²) in [6, 6.07) is 7.18. The zero-order chi connectivity index (χ0) is 24.8. The van der Waals surface area contributed by atoms with Gasteiger partial charge in [0, 0.05) is 36.1 Å². The fourth-order valence-corrected chi connectivity index (χ4v) is 7.26. The van der Waals surface area contributed by atoms with Crippen LogP contribution in [-0.4, -0.2) is 68.6 Å². The van der Waals surface area contributed by atoms with Crippen LogP contribution in [0.15, 0.2) is 34.2 Å². The van der Waals surface area contributed by atoms with Gasteiger partial charge in [0.25, 0.3) is 5.56 Å². The Morgan fingerprint density at radius 1 is 1.36 bits per heavy atom. The zero-order valence-electron chi connectivity index (χ0n) is 19.7. The van der Waals surface area contributed by atoms with Gasteiger partial charge in [0.15, 0.2) is 5.16 Å². The van der Waals surface area contributed by atoms with Gasteiger partial charge in [0.05, 0.1) is 22.9 Å². The highest BCUT2D eigenvalue weighted by atomic mass is 35.5. The topological polar surface area (TPSA) is 93.8 Å². The summed E-state index contributed by atoms with van der Waals surface area (Å²) >= 11 is 9.19. The summed E-state index contributed by atoms with van der Waals surface area (Å²) in [5.74, 6) is 0.516. The van der Waals surface area contributed by atoms with E-state index in [-0.39, 0.29) is 23.3 Å². The Labute approximate surface area is 220 Å². The Morgan fingerprint density at radius 3 is 3.06 bits per heavy atom. The highest BCUT2D eigenvalue weighted by Crippen LogP contribution is 2.35. The second kappa shape index (κ2) is 9.79. The molecule has 0 radical (unpaired) electrons. The summed E-state index contributed by atoms with van der Waals surface area (Å²) in [5.41, 5.74) is 1.60. The molecular formula is C24H25ClN6O3S2. The van der Waals surface area contributed by atoms with Crippen LogP contribution < -0.4 is 10.9 Å². The number of benzene rings is 1. The molecule has 1 fully saturated rings. The molecule has 2 aliphatic heterocycles. The van der Waals surface area contributed by atoms with Crippen LogP contribution in [0.5, 0.6) is 0 Å². The molecule has 1 saturated heterocycles. The molecule has 1 atom stereocenters. The number of hydrogen-bond donors (Lipinski definition) is 1. The number of carbonyl (C=O) groups excluding carboxylic acids is 1. The number of rotatable bonds is 6. The number of hydrogen-bond acceptors (Lipinski definition) is 8. The maximum atomic E-state index is 13.9. The molecule has 0 saturated carbocycles. The van der Waals surface area contributed by atoms with Gasteiger partial charge >= 0.3 is 0 Å². The minimum absolute atomic E-state index is 0.0845. The van der Waals surface area contributed by atoms with Crippen molar-refractivity contribution in [3.8, 4) is 5.69 Å². The summed E-state index contributed by atoms with van der Waals surface area (Å²) < 4.78 is 9.08. The number of halogens is 1. The third-order valence-electron chi connectivity index (χ3n) is 6.62. The van der Waals surface area contributed by atoms with Gasteiger partial charge in [-0.15, -0.1) is 21.5 Å². The fraction of sp³-hybridized carbons (Fsp3) is 0.417. The van der Waals surface area contributed by atoms with Gasteiger partial charge in [0.1, 0.15) is 4.83 Å². The second-order valence-corrected chi connectivity index (χ2v) is 11.6. The fourth-order valence-electron chi connectivity index (χ4n) is 4.84. The number of ether oxygens (including phenoxy) is 1. The zero-order valence-corrected chi connectivity index (χ0v) is 22.1. The lowest BCUT2D eigenvalue weighted by atomic mass is 10.1. The van der Waals surface area contributed by atoms with Crippen molar-refractivity contribution in [2.24, 2.45) is 0 Å². The van der Waals surface area contributed by atoms with E-state index in [4.69, 9.17) is 16.3 Å². The van der Waals surface area contributed by atoms with E-state index >= 15 is 0 Å². The summed E-state index contributed by atoms with van der Waals surface area (Å²) in [6.07, 6.45) is 2.90. The van der Waals surface area contributed by atoms with Crippen molar-refractivity contribution in [2.75, 3.05) is 32.5 Å². The van der Waals surface area contributed by atoms with E-state index in [2.05, 4.69) is 27.5 Å². The summed E-state index contributed by atoms with van der Waals surface area (Å²) in [4.78, 5) is 30.7. The maximum Gasteiger partial charge on any atom is 0.268 e. The number of thiophene rings is 1. The maximum absolute atomic E-state index is 13.9. The molecule has 36 heavy (non-hydrogen) atoms. The van der Waals surface area contributed by atoms with E-state index < -0.39 is 0 Å². The first-order valence-corrected chi connectivity index (χ1v) is 14.1. The Hall–Kier alpha value is -2.44. The van der Waals surface area contributed by atoms with E-state index in [9.17, 15) is 9.59 Å². The monoisotopic (exact) mass is 544 g/mol. The van der Waals surface area contributed by atoms with Gasteiger partial charge in [-0.1, -0.05) is 29.4 Å². The lowest BCUT2D eigenvalue weighted by Gasteiger charge is -2.21. The van der Waals surface area contributed by atoms with Gasteiger partial charge in [-0.3, -0.25) is 9.59 Å². The van der Waals surface area contributed by atoms with E-state index in [1.807, 2.05) is 16.5 Å². The minimum atomic E-state index is -0.125. The molecule has 0 spiro atoms. The molecule has 0 aliphatic carbocycles. The van der Waals surface area contributed by atoms with Gasteiger partial charge in [-0.05, 0) is 50.1 Å². The van der Waals surface area contributed by atoms with Crippen LogP contribution in [0.3, 0.4) is 0 Å². The van der Waals surface area contributed by atoms with Crippen LogP contribution in [0.1, 0.15) is 23.3 Å². The molecule has 9 nitrogen and oxygen atoms in total. The molecule has 0 unspecified atom stereocenters. The van der Waals surface area contributed by atoms with Crippen molar-refractivity contribution in [1.29, 1.82) is 0 Å². The highest BCUT2D eigenvalue weighted by molar-refractivity contribution is 7.99. The summed E-state index contributed by atoms with van der Waals surface area (Å²) in [7, 11) is 2.09. The van der Waals surface area contributed by atoms with E-state index in [0.717, 1.165) is 49.4 Å². The quantitative estimate of drug-likeness (QED) is 0.373.